The predicted molar refractivity (Wildman–Crippen MR) is 105 cm³/mol. The van der Waals surface area contributed by atoms with E-state index in [1.807, 2.05) is 53.4 Å². The molecule has 3 aromatic rings. The van der Waals surface area contributed by atoms with Crippen molar-refractivity contribution in [2.24, 2.45) is 5.92 Å². The number of hydrogen-bond acceptors (Lipinski definition) is 4. The number of fused-ring (bicyclic) bond motifs is 1. The molecular weight excluding hydrogens is 354 g/mol. The summed E-state index contributed by atoms with van der Waals surface area (Å²) >= 11 is 0. The number of amides is 2. The van der Waals surface area contributed by atoms with Crippen molar-refractivity contribution in [2.75, 3.05) is 16.8 Å². The van der Waals surface area contributed by atoms with E-state index in [-0.39, 0.29) is 23.4 Å². The van der Waals surface area contributed by atoms with Crippen LogP contribution in [0.3, 0.4) is 0 Å². The van der Waals surface area contributed by atoms with Gasteiger partial charge in [-0.15, -0.1) is 0 Å². The third-order valence-corrected chi connectivity index (χ3v) is 5.23. The van der Waals surface area contributed by atoms with Crippen LogP contribution in [0.1, 0.15) is 28.9 Å². The Hall–Kier alpha value is -3.41. The van der Waals surface area contributed by atoms with Crippen LogP contribution >= 0.6 is 0 Å². The van der Waals surface area contributed by atoms with Gasteiger partial charge in [0.2, 0.25) is 5.91 Å². The number of anilines is 2. The maximum Gasteiger partial charge on any atom is 0.277 e. The van der Waals surface area contributed by atoms with Gasteiger partial charge in [-0.3, -0.25) is 9.59 Å². The van der Waals surface area contributed by atoms with Gasteiger partial charge in [-0.05, 0) is 37.0 Å². The van der Waals surface area contributed by atoms with Crippen LogP contribution in [0, 0.1) is 5.92 Å². The normalized spacial score (nSPS) is 15.4. The number of nitrogens with one attached hydrogen (secondary N) is 1. The van der Waals surface area contributed by atoms with Gasteiger partial charge in [-0.25, -0.2) is 0 Å². The topological polar surface area (TPSA) is 75.4 Å². The molecule has 5 rings (SSSR count). The average molecular weight is 373 g/mol. The summed E-state index contributed by atoms with van der Waals surface area (Å²) in [6.45, 7) is 0.714. The number of nitrogens with zero attached hydrogens (tertiary/aromatic N) is 2. The predicted octanol–water partition coefficient (Wildman–Crippen LogP) is 3.89. The first-order valence-electron chi connectivity index (χ1n) is 9.47. The van der Waals surface area contributed by atoms with E-state index in [1.165, 1.54) is 0 Å². The SMILES string of the molecule is O=C(Nc1ccc2c(c1)N(C(=O)C1CC1)CC2)c1cc(-c2ccccc2)on1. The molecule has 2 aliphatic rings. The van der Waals surface area contributed by atoms with Crippen molar-refractivity contribution in [1.82, 2.24) is 5.16 Å². The smallest absolute Gasteiger partial charge is 0.277 e. The first kappa shape index (κ1) is 16.7. The quantitative estimate of drug-likeness (QED) is 0.753. The van der Waals surface area contributed by atoms with Gasteiger partial charge in [-0.2, -0.15) is 0 Å². The molecule has 140 valence electrons. The Labute approximate surface area is 162 Å². The molecule has 0 spiro atoms. The van der Waals surface area contributed by atoms with Gasteiger partial charge in [0, 0.05) is 35.5 Å². The Kier molecular flexibility index (Phi) is 3.97. The summed E-state index contributed by atoms with van der Waals surface area (Å²) in [5.41, 5.74) is 3.76. The minimum Gasteiger partial charge on any atom is -0.355 e. The molecule has 1 aliphatic heterocycles. The van der Waals surface area contributed by atoms with E-state index in [0.717, 1.165) is 36.1 Å². The highest BCUT2D eigenvalue weighted by molar-refractivity contribution is 6.04. The highest BCUT2D eigenvalue weighted by Crippen LogP contribution is 2.37. The lowest BCUT2D eigenvalue weighted by molar-refractivity contribution is -0.119. The maximum atomic E-state index is 12.6. The van der Waals surface area contributed by atoms with Crippen LogP contribution in [-0.4, -0.2) is 23.5 Å². The van der Waals surface area contributed by atoms with Crippen molar-refractivity contribution < 1.29 is 14.1 Å². The highest BCUT2D eigenvalue weighted by atomic mass is 16.5. The zero-order valence-corrected chi connectivity index (χ0v) is 15.2. The van der Waals surface area contributed by atoms with Gasteiger partial charge < -0.3 is 14.7 Å². The molecule has 28 heavy (non-hydrogen) atoms. The van der Waals surface area contributed by atoms with E-state index in [4.69, 9.17) is 4.52 Å². The van der Waals surface area contributed by atoms with Crippen LogP contribution in [-0.2, 0) is 11.2 Å². The molecule has 2 heterocycles. The molecule has 2 aromatic carbocycles. The summed E-state index contributed by atoms with van der Waals surface area (Å²) in [4.78, 5) is 26.9. The second kappa shape index (κ2) is 6.64. The van der Waals surface area contributed by atoms with E-state index >= 15 is 0 Å². The molecule has 0 saturated heterocycles. The Balaban J connectivity index is 1.34. The fourth-order valence-electron chi connectivity index (χ4n) is 3.55. The Bertz CT molecular complexity index is 1050. The lowest BCUT2D eigenvalue weighted by Gasteiger charge is -2.17. The van der Waals surface area contributed by atoms with Crippen molar-refractivity contribution in [3.05, 3.63) is 65.9 Å². The van der Waals surface area contributed by atoms with Crippen molar-refractivity contribution in [3.63, 3.8) is 0 Å². The van der Waals surface area contributed by atoms with Gasteiger partial charge in [0.1, 0.15) is 0 Å². The summed E-state index contributed by atoms with van der Waals surface area (Å²) in [5.74, 6) is 0.576. The van der Waals surface area contributed by atoms with E-state index in [9.17, 15) is 9.59 Å². The summed E-state index contributed by atoms with van der Waals surface area (Å²) in [7, 11) is 0. The Morgan fingerprint density at radius 1 is 1.07 bits per heavy atom. The van der Waals surface area contributed by atoms with E-state index in [2.05, 4.69) is 10.5 Å². The number of carbonyl (C=O) groups is 2. The van der Waals surface area contributed by atoms with Crippen LogP contribution in [0.4, 0.5) is 11.4 Å². The molecule has 1 aliphatic carbocycles. The second-order valence-electron chi connectivity index (χ2n) is 7.25. The molecule has 6 nitrogen and oxygen atoms in total. The van der Waals surface area contributed by atoms with E-state index in [0.29, 0.717) is 18.0 Å². The van der Waals surface area contributed by atoms with Gasteiger partial charge >= 0.3 is 0 Å². The number of rotatable bonds is 4. The molecule has 1 saturated carbocycles. The van der Waals surface area contributed by atoms with Crippen LogP contribution in [0.15, 0.2) is 59.1 Å². The lowest BCUT2D eigenvalue weighted by Crippen LogP contribution is -2.30. The van der Waals surface area contributed by atoms with E-state index in [1.54, 1.807) is 6.07 Å². The van der Waals surface area contributed by atoms with Crippen molar-refractivity contribution >= 4 is 23.2 Å². The molecule has 6 heteroatoms. The minimum atomic E-state index is -0.344. The fraction of sp³-hybridized carbons (Fsp3) is 0.227. The lowest BCUT2D eigenvalue weighted by atomic mass is 10.1. The summed E-state index contributed by atoms with van der Waals surface area (Å²) in [6.07, 6.45) is 2.82. The first-order chi connectivity index (χ1) is 13.7. The van der Waals surface area contributed by atoms with Gasteiger partial charge in [0.05, 0.1) is 0 Å². The third-order valence-electron chi connectivity index (χ3n) is 5.23. The fourth-order valence-corrected chi connectivity index (χ4v) is 3.55. The number of benzene rings is 2. The van der Waals surface area contributed by atoms with Gasteiger partial charge in [0.25, 0.3) is 5.91 Å². The molecule has 0 unspecified atom stereocenters. The molecule has 1 fully saturated rings. The summed E-state index contributed by atoms with van der Waals surface area (Å²) in [6, 6.07) is 16.8. The summed E-state index contributed by atoms with van der Waals surface area (Å²) < 4.78 is 5.30. The van der Waals surface area contributed by atoms with E-state index < -0.39 is 0 Å². The van der Waals surface area contributed by atoms with Crippen molar-refractivity contribution in [2.45, 2.75) is 19.3 Å². The number of hydrogen-bond donors (Lipinski definition) is 1. The number of aromatic nitrogens is 1. The second-order valence-corrected chi connectivity index (χ2v) is 7.25. The molecule has 0 atom stereocenters. The zero-order chi connectivity index (χ0) is 19.1. The minimum absolute atomic E-state index is 0.177. The number of carbonyl (C=O) groups excluding carboxylic acids is 2. The van der Waals surface area contributed by atoms with Gasteiger partial charge in [0.15, 0.2) is 11.5 Å². The monoisotopic (exact) mass is 373 g/mol. The largest absolute Gasteiger partial charge is 0.355 e. The maximum absolute atomic E-state index is 12.6. The summed E-state index contributed by atoms with van der Waals surface area (Å²) in [5, 5.41) is 6.74. The standard InChI is InChI=1S/C22H19N3O3/c26-21(18-13-20(28-24-18)15-4-2-1-3-5-15)23-17-9-8-14-10-11-25(19(14)12-17)22(27)16-6-7-16/h1-5,8-9,12-13,16H,6-7,10-11H2,(H,23,26). The Morgan fingerprint density at radius 3 is 2.68 bits per heavy atom. The average Bonchev–Trinajstić information content (AvgIpc) is 3.30. The molecule has 2 amide bonds. The van der Waals surface area contributed by atoms with Crippen LogP contribution < -0.4 is 10.2 Å². The Morgan fingerprint density at radius 2 is 1.89 bits per heavy atom. The molecule has 1 N–H and O–H groups in total. The molecule has 0 bridgehead atoms. The molecule has 0 radical (unpaired) electrons. The van der Waals surface area contributed by atoms with Crippen molar-refractivity contribution in [1.29, 1.82) is 0 Å². The molecular formula is C22H19N3O3. The molecule has 1 aromatic heterocycles. The van der Waals surface area contributed by atoms with Crippen LogP contribution in [0.25, 0.3) is 11.3 Å². The zero-order valence-electron chi connectivity index (χ0n) is 15.2. The highest BCUT2D eigenvalue weighted by Gasteiger charge is 2.36. The first-order valence-corrected chi connectivity index (χ1v) is 9.47. The van der Waals surface area contributed by atoms with Gasteiger partial charge in [-0.1, -0.05) is 41.6 Å². The third kappa shape index (κ3) is 3.07. The van der Waals surface area contributed by atoms with Crippen LogP contribution in [0.5, 0.6) is 0 Å². The van der Waals surface area contributed by atoms with Crippen LogP contribution in [0.2, 0.25) is 0 Å². The van der Waals surface area contributed by atoms with Crippen molar-refractivity contribution in [3.8, 4) is 11.3 Å².